The first-order valence-electron chi connectivity index (χ1n) is 7.35. The highest BCUT2D eigenvalue weighted by atomic mass is 19.1. The van der Waals surface area contributed by atoms with Crippen molar-refractivity contribution in [2.24, 2.45) is 0 Å². The molecule has 5 nitrogen and oxygen atoms in total. The molecule has 0 aliphatic carbocycles. The maximum atomic E-state index is 13.7. The molecule has 0 bridgehead atoms. The van der Waals surface area contributed by atoms with Gasteiger partial charge < -0.3 is 15.5 Å². The van der Waals surface area contributed by atoms with Gasteiger partial charge in [-0.25, -0.2) is 9.37 Å². The summed E-state index contributed by atoms with van der Waals surface area (Å²) in [7, 11) is 0. The second-order valence-corrected chi connectivity index (χ2v) is 4.85. The van der Waals surface area contributed by atoms with Crippen molar-refractivity contribution in [2.45, 2.75) is 40.2 Å². The molecular formula is C14H26FN5. The molecule has 1 aromatic rings. The fourth-order valence-corrected chi connectivity index (χ4v) is 1.94. The van der Waals surface area contributed by atoms with Crippen LogP contribution in [0.5, 0.6) is 0 Å². The lowest BCUT2D eigenvalue weighted by atomic mass is 10.3. The molecule has 0 aliphatic heterocycles. The smallest absolute Gasteiger partial charge is 0.224 e. The van der Waals surface area contributed by atoms with E-state index in [1.807, 2.05) is 6.92 Å². The predicted molar refractivity (Wildman–Crippen MR) is 81.6 cm³/mol. The Hall–Kier alpha value is -1.43. The minimum absolute atomic E-state index is 0.123. The summed E-state index contributed by atoms with van der Waals surface area (Å²) in [5, 5.41) is 6.18. The molecule has 0 fully saturated rings. The maximum Gasteiger partial charge on any atom is 0.224 e. The van der Waals surface area contributed by atoms with E-state index >= 15 is 0 Å². The van der Waals surface area contributed by atoms with Gasteiger partial charge in [-0.3, -0.25) is 0 Å². The number of halogens is 1. The number of hydrogen-bond acceptors (Lipinski definition) is 5. The summed E-state index contributed by atoms with van der Waals surface area (Å²) in [5.74, 6) is 0.308. The molecule has 114 valence electrons. The normalized spacial score (nSPS) is 12.5. The lowest BCUT2D eigenvalue weighted by Gasteiger charge is -2.23. The average molecular weight is 283 g/mol. The lowest BCUT2D eigenvalue weighted by molar-refractivity contribution is 0.294. The summed E-state index contributed by atoms with van der Waals surface area (Å²) in [5.41, 5.74) is 0. The van der Waals surface area contributed by atoms with Gasteiger partial charge in [0.05, 0.1) is 6.20 Å². The van der Waals surface area contributed by atoms with Crippen molar-refractivity contribution in [1.82, 2.24) is 14.9 Å². The van der Waals surface area contributed by atoms with Crippen LogP contribution >= 0.6 is 0 Å². The Balaban J connectivity index is 2.65. The largest absolute Gasteiger partial charge is 0.364 e. The van der Waals surface area contributed by atoms with Crippen LogP contribution in [0.3, 0.4) is 0 Å². The third-order valence-corrected chi connectivity index (χ3v) is 3.09. The predicted octanol–water partition coefficient (Wildman–Crippen LogP) is 2.58. The Labute approximate surface area is 121 Å². The van der Waals surface area contributed by atoms with Crippen molar-refractivity contribution < 1.29 is 4.39 Å². The summed E-state index contributed by atoms with van der Waals surface area (Å²) in [6, 6.07) is 0.123. The molecule has 2 N–H and O–H groups in total. The Morgan fingerprint density at radius 1 is 1.30 bits per heavy atom. The molecule has 0 aliphatic rings. The van der Waals surface area contributed by atoms with Crippen molar-refractivity contribution in [3.05, 3.63) is 12.0 Å². The summed E-state index contributed by atoms with van der Waals surface area (Å²) < 4.78 is 13.7. The molecule has 1 aromatic heterocycles. The van der Waals surface area contributed by atoms with Crippen molar-refractivity contribution in [2.75, 3.05) is 36.8 Å². The van der Waals surface area contributed by atoms with E-state index in [1.54, 1.807) is 0 Å². The number of hydrogen-bond donors (Lipinski definition) is 2. The van der Waals surface area contributed by atoms with E-state index < -0.39 is 5.82 Å². The summed E-state index contributed by atoms with van der Waals surface area (Å²) in [6.07, 6.45) is 2.18. The fraction of sp³-hybridized carbons (Fsp3) is 0.714. The van der Waals surface area contributed by atoms with E-state index in [2.05, 4.69) is 46.3 Å². The molecule has 0 saturated carbocycles. The van der Waals surface area contributed by atoms with Gasteiger partial charge in [0, 0.05) is 19.1 Å². The van der Waals surface area contributed by atoms with Crippen molar-refractivity contribution in [3.63, 3.8) is 0 Å². The zero-order valence-electron chi connectivity index (χ0n) is 12.9. The Morgan fingerprint density at radius 3 is 2.60 bits per heavy atom. The van der Waals surface area contributed by atoms with Crippen LogP contribution < -0.4 is 10.6 Å². The van der Waals surface area contributed by atoms with Gasteiger partial charge in [-0.2, -0.15) is 4.98 Å². The molecule has 6 heteroatoms. The summed E-state index contributed by atoms with van der Waals surface area (Å²) >= 11 is 0. The fourth-order valence-electron chi connectivity index (χ4n) is 1.94. The Morgan fingerprint density at radius 2 is 2.00 bits per heavy atom. The second kappa shape index (κ2) is 8.68. The van der Waals surface area contributed by atoms with Crippen LogP contribution in [-0.2, 0) is 0 Å². The first kappa shape index (κ1) is 16.6. The van der Waals surface area contributed by atoms with Crippen LogP contribution in [0, 0.1) is 5.82 Å². The van der Waals surface area contributed by atoms with Gasteiger partial charge in [0.15, 0.2) is 11.6 Å². The monoisotopic (exact) mass is 283 g/mol. The molecular weight excluding hydrogens is 257 g/mol. The lowest BCUT2D eigenvalue weighted by Crippen LogP contribution is -2.35. The number of likely N-dealkylation sites (N-methyl/N-ethyl adjacent to an activating group) is 1. The van der Waals surface area contributed by atoms with Gasteiger partial charge in [-0.05, 0) is 26.4 Å². The van der Waals surface area contributed by atoms with Gasteiger partial charge >= 0.3 is 0 Å². The van der Waals surface area contributed by atoms with Gasteiger partial charge in [-0.15, -0.1) is 0 Å². The molecule has 0 saturated heterocycles. The van der Waals surface area contributed by atoms with E-state index in [0.717, 1.165) is 32.6 Å². The molecule has 0 radical (unpaired) electrons. The third-order valence-electron chi connectivity index (χ3n) is 3.09. The number of nitrogens with one attached hydrogen (secondary N) is 2. The highest BCUT2D eigenvalue weighted by molar-refractivity contribution is 5.41. The van der Waals surface area contributed by atoms with E-state index in [9.17, 15) is 4.39 Å². The topological polar surface area (TPSA) is 53.1 Å². The highest BCUT2D eigenvalue weighted by Crippen LogP contribution is 2.13. The first-order chi connectivity index (χ1) is 9.60. The minimum Gasteiger partial charge on any atom is -0.364 e. The maximum absolute atomic E-state index is 13.7. The van der Waals surface area contributed by atoms with Crippen LogP contribution in [0.4, 0.5) is 16.2 Å². The average Bonchev–Trinajstić information content (AvgIpc) is 2.45. The highest BCUT2D eigenvalue weighted by Gasteiger charge is 2.12. The summed E-state index contributed by atoms with van der Waals surface area (Å²) in [6.45, 7) is 11.9. The summed E-state index contributed by atoms with van der Waals surface area (Å²) in [4.78, 5) is 10.4. The van der Waals surface area contributed by atoms with Crippen LogP contribution in [0.2, 0.25) is 0 Å². The second-order valence-electron chi connectivity index (χ2n) is 4.85. The van der Waals surface area contributed by atoms with Gasteiger partial charge in [-0.1, -0.05) is 20.8 Å². The molecule has 1 atom stereocenters. The van der Waals surface area contributed by atoms with Crippen LogP contribution in [0.15, 0.2) is 6.20 Å². The first-order valence-corrected chi connectivity index (χ1v) is 7.35. The zero-order valence-corrected chi connectivity index (χ0v) is 12.9. The molecule has 0 aromatic carbocycles. The van der Waals surface area contributed by atoms with Gasteiger partial charge in [0.2, 0.25) is 5.95 Å². The number of rotatable bonds is 9. The van der Waals surface area contributed by atoms with Crippen LogP contribution in [-0.4, -0.2) is 47.1 Å². The minimum atomic E-state index is -0.418. The van der Waals surface area contributed by atoms with E-state index in [-0.39, 0.29) is 11.9 Å². The van der Waals surface area contributed by atoms with Crippen molar-refractivity contribution >= 4 is 11.8 Å². The Kier molecular flexibility index (Phi) is 7.22. The molecule has 0 amide bonds. The number of aromatic nitrogens is 2. The van der Waals surface area contributed by atoms with Crippen LogP contribution in [0.25, 0.3) is 0 Å². The molecule has 20 heavy (non-hydrogen) atoms. The quantitative estimate of drug-likeness (QED) is 0.729. The van der Waals surface area contributed by atoms with E-state index in [1.165, 1.54) is 6.20 Å². The van der Waals surface area contributed by atoms with E-state index in [0.29, 0.717) is 5.95 Å². The standard InChI is InChI=1S/C14H26FN5/c1-5-8-16-14-17-9-12(15)13(19-14)18-11(4)10-20(6-2)7-3/h9,11H,5-8,10H2,1-4H3,(H2,16,17,18,19). The van der Waals surface area contributed by atoms with Crippen molar-refractivity contribution in [1.29, 1.82) is 0 Å². The molecule has 1 rings (SSSR count). The third kappa shape index (κ3) is 5.28. The Bertz CT molecular complexity index is 395. The number of nitrogens with zero attached hydrogens (tertiary/aromatic N) is 3. The molecule has 1 unspecified atom stereocenters. The van der Waals surface area contributed by atoms with Crippen LogP contribution in [0.1, 0.15) is 34.1 Å². The van der Waals surface area contributed by atoms with Gasteiger partial charge in [0.1, 0.15) is 0 Å². The zero-order chi connectivity index (χ0) is 15.0. The number of anilines is 2. The van der Waals surface area contributed by atoms with Crippen molar-refractivity contribution in [3.8, 4) is 0 Å². The molecule has 1 heterocycles. The SMILES string of the molecule is CCCNc1ncc(F)c(NC(C)CN(CC)CC)n1. The van der Waals surface area contributed by atoms with E-state index in [4.69, 9.17) is 0 Å². The molecule has 0 spiro atoms. The van der Waals surface area contributed by atoms with Gasteiger partial charge in [0.25, 0.3) is 0 Å².